The summed E-state index contributed by atoms with van der Waals surface area (Å²) in [5, 5.41) is 18.6. The van der Waals surface area contributed by atoms with Crippen LogP contribution in [0.4, 0.5) is 0 Å². The lowest BCUT2D eigenvalue weighted by atomic mass is 10.1. The Morgan fingerprint density at radius 2 is 2.13 bits per heavy atom. The first kappa shape index (κ1) is 11.7. The van der Waals surface area contributed by atoms with Crippen LogP contribution < -0.4 is 0 Å². The standard InChI is InChI=1S/C10H11ClO4/c1-3-15-10(14)6-4-7(12)8(11)9(13)5(6)2/h4,12-13H,3H2,1-2H3. The van der Waals surface area contributed by atoms with Crippen LogP contribution in [0.1, 0.15) is 22.8 Å². The molecule has 0 bridgehead atoms. The first-order valence-corrected chi connectivity index (χ1v) is 4.75. The van der Waals surface area contributed by atoms with Crippen molar-refractivity contribution >= 4 is 17.6 Å². The number of phenolic OH excluding ortho intramolecular Hbond substituents is 2. The van der Waals surface area contributed by atoms with E-state index in [9.17, 15) is 15.0 Å². The number of esters is 1. The average molecular weight is 231 g/mol. The molecule has 0 unspecified atom stereocenters. The average Bonchev–Trinajstić information content (AvgIpc) is 2.20. The van der Waals surface area contributed by atoms with Crippen molar-refractivity contribution in [3.8, 4) is 11.5 Å². The summed E-state index contributed by atoms with van der Waals surface area (Å²) in [7, 11) is 0. The summed E-state index contributed by atoms with van der Waals surface area (Å²) < 4.78 is 4.75. The lowest BCUT2D eigenvalue weighted by molar-refractivity contribution is 0.0524. The number of carbonyl (C=O) groups is 1. The minimum Gasteiger partial charge on any atom is -0.506 e. The van der Waals surface area contributed by atoms with Gasteiger partial charge in [0.1, 0.15) is 16.5 Å². The van der Waals surface area contributed by atoms with Crippen molar-refractivity contribution in [2.24, 2.45) is 0 Å². The van der Waals surface area contributed by atoms with Gasteiger partial charge in [-0.1, -0.05) is 11.6 Å². The number of ether oxygens (including phenoxy) is 1. The molecule has 0 atom stereocenters. The molecule has 0 fully saturated rings. The van der Waals surface area contributed by atoms with Crippen LogP contribution in [-0.4, -0.2) is 22.8 Å². The van der Waals surface area contributed by atoms with Crippen LogP contribution >= 0.6 is 11.6 Å². The highest BCUT2D eigenvalue weighted by molar-refractivity contribution is 6.33. The lowest BCUT2D eigenvalue weighted by Gasteiger charge is -2.09. The highest BCUT2D eigenvalue weighted by Gasteiger charge is 2.18. The van der Waals surface area contributed by atoms with Gasteiger partial charge in [-0.05, 0) is 19.9 Å². The molecule has 0 aliphatic rings. The van der Waals surface area contributed by atoms with Crippen LogP contribution in [-0.2, 0) is 4.74 Å². The predicted molar refractivity (Wildman–Crippen MR) is 55.5 cm³/mol. The zero-order chi connectivity index (χ0) is 11.6. The van der Waals surface area contributed by atoms with E-state index in [4.69, 9.17) is 16.3 Å². The molecule has 4 nitrogen and oxygen atoms in total. The number of hydrogen-bond donors (Lipinski definition) is 2. The van der Waals surface area contributed by atoms with E-state index in [0.717, 1.165) is 0 Å². The largest absolute Gasteiger partial charge is 0.506 e. The van der Waals surface area contributed by atoms with Crippen molar-refractivity contribution in [2.75, 3.05) is 6.61 Å². The number of carbonyl (C=O) groups excluding carboxylic acids is 1. The maximum absolute atomic E-state index is 11.4. The van der Waals surface area contributed by atoms with E-state index in [1.54, 1.807) is 6.92 Å². The highest BCUT2D eigenvalue weighted by atomic mass is 35.5. The molecule has 1 aromatic rings. The second-order valence-electron chi connectivity index (χ2n) is 2.95. The van der Waals surface area contributed by atoms with E-state index in [1.807, 2.05) is 0 Å². The van der Waals surface area contributed by atoms with Crippen LogP contribution in [0.5, 0.6) is 11.5 Å². The minimum absolute atomic E-state index is 0.108. The molecule has 1 rings (SSSR count). The number of benzene rings is 1. The Morgan fingerprint density at radius 3 is 2.67 bits per heavy atom. The Morgan fingerprint density at radius 1 is 1.53 bits per heavy atom. The third kappa shape index (κ3) is 2.15. The molecule has 0 aliphatic carbocycles. The Bertz CT molecular complexity index is 401. The van der Waals surface area contributed by atoms with Gasteiger partial charge in [0.15, 0.2) is 0 Å². The van der Waals surface area contributed by atoms with Crippen molar-refractivity contribution in [3.63, 3.8) is 0 Å². The maximum atomic E-state index is 11.4. The summed E-state index contributed by atoms with van der Waals surface area (Å²) in [5.74, 6) is -1.25. The summed E-state index contributed by atoms with van der Waals surface area (Å²) in [6.07, 6.45) is 0. The van der Waals surface area contributed by atoms with E-state index in [-0.39, 0.29) is 34.3 Å². The molecule has 5 heteroatoms. The van der Waals surface area contributed by atoms with Gasteiger partial charge in [0, 0.05) is 5.56 Å². The third-order valence-corrected chi connectivity index (χ3v) is 2.34. The van der Waals surface area contributed by atoms with Gasteiger partial charge in [0.25, 0.3) is 0 Å². The minimum atomic E-state index is -0.600. The molecule has 0 spiro atoms. The molecule has 15 heavy (non-hydrogen) atoms. The van der Waals surface area contributed by atoms with E-state index < -0.39 is 5.97 Å². The third-order valence-electron chi connectivity index (χ3n) is 1.97. The zero-order valence-corrected chi connectivity index (χ0v) is 9.13. The van der Waals surface area contributed by atoms with Crippen molar-refractivity contribution < 1.29 is 19.7 Å². The number of halogens is 1. The van der Waals surface area contributed by atoms with Crippen molar-refractivity contribution in [2.45, 2.75) is 13.8 Å². The lowest BCUT2D eigenvalue weighted by Crippen LogP contribution is -2.06. The number of hydrogen-bond acceptors (Lipinski definition) is 4. The van der Waals surface area contributed by atoms with E-state index >= 15 is 0 Å². The second kappa shape index (κ2) is 4.40. The van der Waals surface area contributed by atoms with Gasteiger partial charge in [0.05, 0.1) is 12.2 Å². The fraction of sp³-hybridized carbons (Fsp3) is 0.300. The fourth-order valence-electron chi connectivity index (χ4n) is 1.14. The molecule has 0 amide bonds. The molecule has 0 saturated heterocycles. The topological polar surface area (TPSA) is 66.8 Å². The highest BCUT2D eigenvalue weighted by Crippen LogP contribution is 2.37. The van der Waals surface area contributed by atoms with Crippen LogP contribution in [0, 0.1) is 6.92 Å². The molecular weight excluding hydrogens is 220 g/mol. The molecule has 0 aliphatic heterocycles. The number of phenols is 2. The smallest absolute Gasteiger partial charge is 0.338 e. The quantitative estimate of drug-likeness (QED) is 0.765. The molecule has 0 heterocycles. The van der Waals surface area contributed by atoms with Gasteiger partial charge in [-0.3, -0.25) is 0 Å². The normalized spacial score (nSPS) is 10.1. The molecule has 82 valence electrons. The van der Waals surface area contributed by atoms with E-state index in [1.165, 1.54) is 13.0 Å². The summed E-state index contributed by atoms with van der Waals surface area (Å²) >= 11 is 5.58. The summed E-state index contributed by atoms with van der Waals surface area (Å²) in [6.45, 7) is 3.41. The van der Waals surface area contributed by atoms with Crippen LogP contribution in [0.3, 0.4) is 0 Å². The fourth-order valence-corrected chi connectivity index (χ4v) is 1.34. The van der Waals surface area contributed by atoms with E-state index in [2.05, 4.69) is 0 Å². The van der Waals surface area contributed by atoms with Gasteiger partial charge in [-0.15, -0.1) is 0 Å². The Labute approximate surface area is 92.1 Å². The number of rotatable bonds is 2. The Hall–Kier alpha value is -1.42. The van der Waals surface area contributed by atoms with Gasteiger partial charge in [-0.25, -0.2) is 4.79 Å². The first-order chi connectivity index (χ1) is 6.99. The van der Waals surface area contributed by atoms with Crippen LogP contribution in [0.2, 0.25) is 5.02 Å². The first-order valence-electron chi connectivity index (χ1n) is 4.37. The molecular formula is C10H11ClO4. The monoisotopic (exact) mass is 230 g/mol. The molecule has 1 aromatic carbocycles. The number of aromatic hydroxyl groups is 2. The Kier molecular flexibility index (Phi) is 3.42. The van der Waals surface area contributed by atoms with Gasteiger partial charge in [-0.2, -0.15) is 0 Å². The Balaban J connectivity index is 3.26. The van der Waals surface area contributed by atoms with Gasteiger partial charge < -0.3 is 14.9 Å². The molecule has 2 N–H and O–H groups in total. The maximum Gasteiger partial charge on any atom is 0.338 e. The van der Waals surface area contributed by atoms with Gasteiger partial charge >= 0.3 is 5.97 Å². The van der Waals surface area contributed by atoms with Crippen molar-refractivity contribution in [1.29, 1.82) is 0 Å². The second-order valence-corrected chi connectivity index (χ2v) is 3.33. The van der Waals surface area contributed by atoms with Crippen molar-refractivity contribution in [3.05, 3.63) is 22.2 Å². The van der Waals surface area contributed by atoms with Crippen LogP contribution in [0.25, 0.3) is 0 Å². The molecule has 0 radical (unpaired) electrons. The predicted octanol–water partition coefficient (Wildman–Crippen LogP) is 2.24. The summed E-state index contributed by atoms with van der Waals surface area (Å²) in [4.78, 5) is 11.4. The van der Waals surface area contributed by atoms with Gasteiger partial charge in [0.2, 0.25) is 0 Å². The molecule has 0 saturated carbocycles. The van der Waals surface area contributed by atoms with E-state index in [0.29, 0.717) is 0 Å². The van der Waals surface area contributed by atoms with Crippen molar-refractivity contribution in [1.82, 2.24) is 0 Å². The SMILES string of the molecule is CCOC(=O)c1cc(O)c(Cl)c(O)c1C. The van der Waals surface area contributed by atoms with Crippen LogP contribution in [0.15, 0.2) is 6.07 Å². The molecule has 0 aromatic heterocycles. The zero-order valence-electron chi connectivity index (χ0n) is 8.37. The summed E-state index contributed by atoms with van der Waals surface area (Å²) in [6, 6.07) is 1.18. The summed E-state index contributed by atoms with van der Waals surface area (Å²) in [5.41, 5.74) is 0.396.